The van der Waals surface area contributed by atoms with E-state index in [-0.39, 0.29) is 0 Å². The molecule has 3 heterocycles. The SMILES string of the molecule is Nc1cnccc1N1CCN(Cc2ccc(Cl)s2)CC1. The van der Waals surface area contributed by atoms with E-state index in [1.165, 1.54) is 4.88 Å². The minimum atomic E-state index is 0.756. The molecule has 1 aliphatic rings. The van der Waals surface area contributed by atoms with Crippen LogP contribution in [0.5, 0.6) is 0 Å². The molecule has 3 rings (SSSR count). The summed E-state index contributed by atoms with van der Waals surface area (Å²) < 4.78 is 0.864. The number of aromatic nitrogens is 1. The van der Waals surface area contributed by atoms with Crippen LogP contribution in [0.2, 0.25) is 4.34 Å². The van der Waals surface area contributed by atoms with Crippen LogP contribution in [0.25, 0.3) is 0 Å². The highest BCUT2D eigenvalue weighted by Crippen LogP contribution is 2.25. The second-order valence-corrected chi connectivity index (χ2v) is 6.70. The van der Waals surface area contributed by atoms with E-state index in [4.69, 9.17) is 17.3 Å². The van der Waals surface area contributed by atoms with Crippen LogP contribution in [-0.4, -0.2) is 36.1 Å². The first-order chi connectivity index (χ1) is 9.72. The molecule has 1 fully saturated rings. The molecule has 1 saturated heterocycles. The summed E-state index contributed by atoms with van der Waals surface area (Å²) in [6.45, 7) is 5.05. The van der Waals surface area contributed by atoms with Crippen LogP contribution in [0.4, 0.5) is 11.4 Å². The van der Waals surface area contributed by atoms with E-state index in [0.717, 1.165) is 48.4 Å². The molecule has 0 amide bonds. The standard InChI is InChI=1S/C14H17ClN4S/c15-14-2-1-11(20-14)10-18-5-7-19(8-6-18)13-3-4-17-9-12(13)16/h1-4,9H,5-8,10,16H2. The molecule has 106 valence electrons. The fourth-order valence-electron chi connectivity index (χ4n) is 2.49. The number of nitrogens with two attached hydrogens (primary N) is 1. The van der Waals surface area contributed by atoms with Gasteiger partial charge in [-0.1, -0.05) is 11.6 Å². The van der Waals surface area contributed by atoms with Gasteiger partial charge in [0, 0.05) is 43.8 Å². The molecule has 6 heteroatoms. The van der Waals surface area contributed by atoms with E-state index in [1.807, 2.05) is 12.1 Å². The molecule has 4 nitrogen and oxygen atoms in total. The van der Waals surface area contributed by atoms with Crippen molar-refractivity contribution in [1.82, 2.24) is 9.88 Å². The van der Waals surface area contributed by atoms with Crippen LogP contribution in [0.1, 0.15) is 4.88 Å². The first kappa shape index (κ1) is 13.7. The van der Waals surface area contributed by atoms with Gasteiger partial charge in [0.15, 0.2) is 0 Å². The number of hydrogen-bond acceptors (Lipinski definition) is 5. The summed E-state index contributed by atoms with van der Waals surface area (Å²) in [6, 6.07) is 6.07. The maximum atomic E-state index is 5.98. The lowest BCUT2D eigenvalue weighted by Crippen LogP contribution is -2.46. The Balaban J connectivity index is 1.58. The van der Waals surface area contributed by atoms with Crippen LogP contribution in [0.3, 0.4) is 0 Å². The second kappa shape index (κ2) is 5.99. The molecule has 1 aliphatic heterocycles. The maximum absolute atomic E-state index is 5.98. The normalized spacial score (nSPS) is 16.6. The summed E-state index contributed by atoms with van der Waals surface area (Å²) in [4.78, 5) is 10.1. The van der Waals surface area contributed by atoms with Crippen molar-refractivity contribution in [2.75, 3.05) is 36.8 Å². The predicted molar refractivity (Wildman–Crippen MR) is 85.5 cm³/mol. The van der Waals surface area contributed by atoms with Gasteiger partial charge in [-0.2, -0.15) is 0 Å². The van der Waals surface area contributed by atoms with Gasteiger partial charge in [-0.3, -0.25) is 9.88 Å². The fraction of sp³-hybridized carbons (Fsp3) is 0.357. The molecule has 0 aromatic carbocycles. The molecule has 2 aromatic heterocycles. The summed E-state index contributed by atoms with van der Waals surface area (Å²) in [5.74, 6) is 0. The van der Waals surface area contributed by atoms with Gasteiger partial charge < -0.3 is 10.6 Å². The summed E-state index contributed by atoms with van der Waals surface area (Å²) >= 11 is 7.63. The molecule has 0 radical (unpaired) electrons. The average Bonchev–Trinajstić information content (AvgIpc) is 2.86. The molecule has 0 atom stereocenters. The number of pyridine rings is 1. The number of anilines is 2. The molecule has 0 spiro atoms. The number of halogens is 1. The van der Waals surface area contributed by atoms with Gasteiger partial charge in [0.25, 0.3) is 0 Å². The number of piperazine rings is 1. The molecule has 0 aliphatic carbocycles. The van der Waals surface area contributed by atoms with Crippen LogP contribution in [-0.2, 0) is 6.54 Å². The number of nitrogen functional groups attached to an aromatic ring is 1. The zero-order valence-corrected chi connectivity index (χ0v) is 12.7. The Labute approximate surface area is 127 Å². The van der Waals surface area contributed by atoms with Crippen molar-refractivity contribution in [3.63, 3.8) is 0 Å². The van der Waals surface area contributed by atoms with E-state index in [9.17, 15) is 0 Å². The summed E-state index contributed by atoms with van der Waals surface area (Å²) in [6.07, 6.45) is 3.51. The largest absolute Gasteiger partial charge is 0.396 e. The third-order valence-corrected chi connectivity index (χ3v) is 4.77. The minimum Gasteiger partial charge on any atom is -0.396 e. The average molecular weight is 309 g/mol. The van der Waals surface area contributed by atoms with Crippen molar-refractivity contribution in [3.05, 3.63) is 39.8 Å². The number of nitrogens with zero attached hydrogens (tertiary/aromatic N) is 3. The van der Waals surface area contributed by atoms with Gasteiger partial charge in [-0.15, -0.1) is 11.3 Å². The zero-order valence-electron chi connectivity index (χ0n) is 11.1. The van der Waals surface area contributed by atoms with Crippen LogP contribution < -0.4 is 10.6 Å². The Morgan fingerprint density at radius 2 is 2.00 bits per heavy atom. The Morgan fingerprint density at radius 1 is 1.20 bits per heavy atom. The quantitative estimate of drug-likeness (QED) is 0.947. The second-order valence-electron chi connectivity index (χ2n) is 4.90. The molecule has 0 bridgehead atoms. The van der Waals surface area contributed by atoms with Crippen molar-refractivity contribution < 1.29 is 0 Å². The van der Waals surface area contributed by atoms with Crippen molar-refractivity contribution >= 4 is 34.3 Å². The van der Waals surface area contributed by atoms with E-state index >= 15 is 0 Å². The minimum absolute atomic E-state index is 0.756. The molecular weight excluding hydrogens is 292 g/mol. The molecule has 0 unspecified atom stereocenters. The highest BCUT2D eigenvalue weighted by molar-refractivity contribution is 7.16. The molecule has 2 aromatic rings. The van der Waals surface area contributed by atoms with Crippen LogP contribution in [0.15, 0.2) is 30.6 Å². The van der Waals surface area contributed by atoms with Gasteiger partial charge in [0.1, 0.15) is 0 Å². The summed E-state index contributed by atoms with van der Waals surface area (Å²) in [7, 11) is 0. The van der Waals surface area contributed by atoms with Gasteiger partial charge in [-0.05, 0) is 18.2 Å². The van der Waals surface area contributed by atoms with Crippen molar-refractivity contribution in [3.8, 4) is 0 Å². The highest BCUT2D eigenvalue weighted by Gasteiger charge is 2.19. The Morgan fingerprint density at radius 3 is 2.65 bits per heavy atom. The number of hydrogen-bond donors (Lipinski definition) is 1. The third kappa shape index (κ3) is 3.06. The fourth-order valence-corrected chi connectivity index (χ4v) is 3.62. The Kier molecular flexibility index (Phi) is 4.10. The van der Waals surface area contributed by atoms with E-state index in [2.05, 4.69) is 20.9 Å². The number of rotatable bonds is 3. The molecular formula is C14H17ClN4S. The van der Waals surface area contributed by atoms with Gasteiger partial charge >= 0.3 is 0 Å². The smallest absolute Gasteiger partial charge is 0.0931 e. The van der Waals surface area contributed by atoms with E-state index < -0.39 is 0 Å². The van der Waals surface area contributed by atoms with E-state index in [1.54, 1.807) is 23.7 Å². The Bertz CT molecular complexity index is 578. The molecule has 0 saturated carbocycles. The van der Waals surface area contributed by atoms with Gasteiger partial charge in [-0.25, -0.2) is 0 Å². The molecule has 2 N–H and O–H groups in total. The highest BCUT2D eigenvalue weighted by atomic mass is 35.5. The van der Waals surface area contributed by atoms with Crippen LogP contribution in [0, 0.1) is 0 Å². The lowest BCUT2D eigenvalue weighted by molar-refractivity contribution is 0.252. The zero-order chi connectivity index (χ0) is 13.9. The molecule has 20 heavy (non-hydrogen) atoms. The van der Waals surface area contributed by atoms with Crippen LogP contribution >= 0.6 is 22.9 Å². The van der Waals surface area contributed by atoms with Gasteiger partial charge in [0.2, 0.25) is 0 Å². The van der Waals surface area contributed by atoms with Crippen molar-refractivity contribution in [1.29, 1.82) is 0 Å². The van der Waals surface area contributed by atoms with E-state index in [0.29, 0.717) is 0 Å². The first-order valence-electron chi connectivity index (χ1n) is 6.63. The van der Waals surface area contributed by atoms with Crippen molar-refractivity contribution in [2.24, 2.45) is 0 Å². The maximum Gasteiger partial charge on any atom is 0.0931 e. The lowest BCUT2D eigenvalue weighted by atomic mass is 10.2. The predicted octanol–water partition coefficient (Wildman–Crippen LogP) is 2.70. The monoisotopic (exact) mass is 308 g/mol. The summed E-state index contributed by atoms with van der Waals surface area (Å²) in [5, 5.41) is 0. The number of thiophene rings is 1. The first-order valence-corrected chi connectivity index (χ1v) is 7.83. The Hall–Kier alpha value is -1.30. The van der Waals surface area contributed by atoms with Gasteiger partial charge in [0.05, 0.1) is 21.9 Å². The third-order valence-electron chi connectivity index (χ3n) is 3.55. The topological polar surface area (TPSA) is 45.4 Å². The van der Waals surface area contributed by atoms with Crippen molar-refractivity contribution in [2.45, 2.75) is 6.54 Å². The summed E-state index contributed by atoms with van der Waals surface area (Å²) in [5.41, 5.74) is 7.83. The lowest BCUT2D eigenvalue weighted by Gasteiger charge is -2.36.